The minimum absolute atomic E-state index is 0.383. The average Bonchev–Trinajstić information content (AvgIpc) is 2.69. The van der Waals surface area contributed by atoms with Gasteiger partial charge in [-0.2, -0.15) is 0 Å². The lowest BCUT2D eigenvalue weighted by Gasteiger charge is -1.96. The Labute approximate surface area is 84.7 Å². The second kappa shape index (κ2) is 3.63. The smallest absolute Gasteiger partial charge is 0.320 e. The van der Waals surface area contributed by atoms with Gasteiger partial charge in [-0.15, -0.1) is 16.4 Å². The Hall–Kier alpha value is -1.62. The van der Waals surface area contributed by atoms with Crippen LogP contribution in [0.4, 0.5) is 0 Å². The highest BCUT2D eigenvalue weighted by Gasteiger charge is 2.03. The SMILES string of the molecule is CC(=O)On1cc(-c2cccs2)cn1. The summed E-state index contributed by atoms with van der Waals surface area (Å²) in [5, 5.41) is 5.88. The van der Waals surface area contributed by atoms with Crippen LogP contribution in [0.2, 0.25) is 0 Å². The van der Waals surface area contributed by atoms with E-state index in [9.17, 15) is 4.79 Å². The number of aromatic nitrogens is 2. The van der Waals surface area contributed by atoms with E-state index in [1.54, 1.807) is 23.7 Å². The summed E-state index contributed by atoms with van der Waals surface area (Å²) in [4.78, 5) is 17.7. The van der Waals surface area contributed by atoms with E-state index in [0.29, 0.717) is 0 Å². The number of rotatable bonds is 2. The Balaban J connectivity index is 2.22. The van der Waals surface area contributed by atoms with Crippen molar-refractivity contribution in [2.24, 2.45) is 0 Å². The quantitative estimate of drug-likeness (QED) is 0.752. The van der Waals surface area contributed by atoms with E-state index in [0.717, 1.165) is 15.3 Å². The fraction of sp³-hybridized carbons (Fsp3) is 0.111. The summed E-state index contributed by atoms with van der Waals surface area (Å²) in [6.07, 6.45) is 3.34. The van der Waals surface area contributed by atoms with Gasteiger partial charge in [-0.25, -0.2) is 4.79 Å². The van der Waals surface area contributed by atoms with E-state index in [-0.39, 0.29) is 5.97 Å². The molecular weight excluding hydrogens is 200 g/mol. The highest BCUT2D eigenvalue weighted by molar-refractivity contribution is 7.13. The van der Waals surface area contributed by atoms with Crippen LogP contribution < -0.4 is 4.84 Å². The van der Waals surface area contributed by atoms with Crippen molar-refractivity contribution in [3.05, 3.63) is 29.9 Å². The number of carbonyl (C=O) groups excluding carboxylic acids is 1. The molecular formula is C9H8N2O2S. The zero-order valence-corrected chi connectivity index (χ0v) is 8.32. The maximum atomic E-state index is 10.6. The molecule has 0 aliphatic heterocycles. The molecule has 2 rings (SSSR count). The van der Waals surface area contributed by atoms with Gasteiger partial charge < -0.3 is 4.84 Å². The van der Waals surface area contributed by atoms with Crippen LogP contribution in [0.25, 0.3) is 10.4 Å². The van der Waals surface area contributed by atoms with Gasteiger partial charge in [0.1, 0.15) is 0 Å². The average molecular weight is 208 g/mol. The molecule has 0 saturated carbocycles. The molecule has 4 nitrogen and oxygen atoms in total. The van der Waals surface area contributed by atoms with Gasteiger partial charge in [0.25, 0.3) is 0 Å². The Morgan fingerprint density at radius 1 is 1.64 bits per heavy atom. The maximum Gasteiger partial charge on any atom is 0.331 e. The van der Waals surface area contributed by atoms with Gasteiger partial charge >= 0.3 is 5.97 Å². The second-order valence-corrected chi connectivity index (χ2v) is 3.64. The highest BCUT2D eigenvalue weighted by atomic mass is 32.1. The predicted octanol–water partition coefficient (Wildman–Crippen LogP) is 1.59. The first-order valence-corrected chi connectivity index (χ1v) is 4.91. The molecule has 5 heteroatoms. The lowest BCUT2D eigenvalue weighted by molar-refractivity contribution is -0.143. The minimum Gasteiger partial charge on any atom is -0.320 e. The van der Waals surface area contributed by atoms with E-state index >= 15 is 0 Å². The topological polar surface area (TPSA) is 44.1 Å². The van der Waals surface area contributed by atoms with Crippen molar-refractivity contribution in [3.63, 3.8) is 0 Å². The minimum atomic E-state index is -0.383. The summed E-state index contributed by atoms with van der Waals surface area (Å²) in [7, 11) is 0. The summed E-state index contributed by atoms with van der Waals surface area (Å²) < 4.78 is 0. The first kappa shape index (κ1) is 8.96. The van der Waals surface area contributed by atoms with Gasteiger partial charge in [-0.05, 0) is 11.4 Å². The largest absolute Gasteiger partial charge is 0.331 e. The van der Waals surface area contributed by atoms with Crippen LogP contribution in [0.15, 0.2) is 29.9 Å². The maximum absolute atomic E-state index is 10.6. The van der Waals surface area contributed by atoms with E-state index in [1.165, 1.54) is 6.92 Å². The summed E-state index contributed by atoms with van der Waals surface area (Å²) in [6, 6.07) is 3.95. The molecule has 0 fully saturated rings. The fourth-order valence-corrected chi connectivity index (χ4v) is 1.76. The Bertz CT molecular complexity index is 433. The number of hydrogen-bond acceptors (Lipinski definition) is 4. The lowest BCUT2D eigenvalue weighted by atomic mass is 10.3. The number of nitrogens with zero attached hydrogens (tertiary/aromatic N) is 2. The van der Waals surface area contributed by atoms with Crippen LogP contribution in [0.3, 0.4) is 0 Å². The molecule has 0 spiro atoms. The highest BCUT2D eigenvalue weighted by Crippen LogP contribution is 2.23. The molecule has 0 aliphatic rings. The van der Waals surface area contributed by atoms with Crippen molar-refractivity contribution in [2.75, 3.05) is 0 Å². The first-order chi connectivity index (χ1) is 6.75. The van der Waals surface area contributed by atoms with Crippen LogP contribution in [0.1, 0.15) is 6.92 Å². The van der Waals surface area contributed by atoms with Gasteiger partial charge in [0.15, 0.2) is 0 Å². The van der Waals surface area contributed by atoms with Gasteiger partial charge in [-0.3, -0.25) is 0 Å². The molecule has 0 unspecified atom stereocenters. The van der Waals surface area contributed by atoms with E-state index in [1.807, 2.05) is 17.5 Å². The van der Waals surface area contributed by atoms with Crippen LogP contribution in [-0.4, -0.2) is 15.9 Å². The number of hydrogen-bond donors (Lipinski definition) is 0. The van der Waals surface area contributed by atoms with Crippen molar-refractivity contribution in [1.29, 1.82) is 0 Å². The van der Waals surface area contributed by atoms with Crippen LogP contribution in [-0.2, 0) is 4.79 Å². The van der Waals surface area contributed by atoms with Gasteiger partial charge in [0.2, 0.25) is 0 Å². The molecule has 0 amide bonds. The van der Waals surface area contributed by atoms with E-state index < -0.39 is 0 Å². The van der Waals surface area contributed by atoms with E-state index in [4.69, 9.17) is 4.84 Å². The summed E-state index contributed by atoms with van der Waals surface area (Å²) in [5.74, 6) is -0.383. The number of thiophene rings is 1. The van der Waals surface area contributed by atoms with Crippen LogP contribution in [0.5, 0.6) is 0 Å². The predicted molar refractivity (Wildman–Crippen MR) is 52.8 cm³/mol. The molecule has 0 radical (unpaired) electrons. The third kappa shape index (κ3) is 1.82. The summed E-state index contributed by atoms with van der Waals surface area (Å²) >= 11 is 1.61. The zero-order chi connectivity index (χ0) is 9.97. The molecule has 2 aromatic heterocycles. The van der Waals surface area contributed by atoms with Crippen molar-refractivity contribution in [1.82, 2.24) is 9.94 Å². The normalized spacial score (nSPS) is 10.1. The third-order valence-corrected chi connectivity index (χ3v) is 2.51. The standard InChI is InChI=1S/C9H8N2O2S/c1-7(12)13-11-6-8(5-10-11)9-3-2-4-14-9/h2-6H,1H3. The molecule has 2 heterocycles. The Kier molecular flexibility index (Phi) is 2.32. The van der Waals surface area contributed by atoms with Crippen molar-refractivity contribution in [2.45, 2.75) is 6.92 Å². The summed E-state index contributed by atoms with van der Waals surface area (Å²) in [6.45, 7) is 1.34. The number of carbonyl (C=O) groups is 1. The fourth-order valence-electron chi connectivity index (χ4n) is 1.06. The van der Waals surface area contributed by atoms with Crippen molar-refractivity contribution < 1.29 is 9.63 Å². The van der Waals surface area contributed by atoms with Gasteiger partial charge in [0.05, 0.1) is 12.4 Å². The molecule has 0 saturated heterocycles. The van der Waals surface area contributed by atoms with Crippen molar-refractivity contribution >= 4 is 17.3 Å². The van der Waals surface area contributed by atoms with Crippen LogP contribution >= 0.6 is 11.3 Å². The third-order valence-electron chi connectivity index (χ3n) is 1.59. The Morgan fingerprint density at radius 2 is 2.50 bits per heavy atom. The van der Waals surface area contributed by atoms with Gasteiger partial charge in [0, 0.05) is 17.4 Å². The molecule has 0 aliphatic carbocycles. The van der Waals surface area contributed by atoms with Gasteiger partial charge in [-0.1, -0.05) is 10.9 Å². The molecule has 0 N–H and O–H groups in total. The lowest BCUT2D eigenvalue weighted by Crippen LogP contribution is -2.16. The summed E-state index contributed by atoms with van der Waals surface area (Å²) in [5.41, 5.74) is 0.946. The molecule has 0 bridgehead atoms. The van der Waals surface area contributed by atoms with Crippen molar-refractivity contribution in [3.8, 4) is 10.4 Å². The molecule has 0 aromatic carbocycles. The monoisotopic (exact) mass is 208 g/mol. The molecule has 72 valence electrons. The molecule has 14 heavy (non-hydrogen) atoms. The Morgan fingerprint density at radius 3 is 3.14 bits per heavy atom. The first-order valence-electron chi connectivity index (χ1n) is 4.03. The van der Waals surface area contributed by atoms with Crippen LogP contribution in [0, 0.1) is 0 Å². The van der Waals surface area contributed by atoms with E-state index in [2.05, 4.69) is 5.10 Å². The molecule has 2 aromatic rings. The second-order valence-electron chi connectivity index (χ2n) is 2.69. The molecule has 0 atom stereocenters. The zero-order valence-electron chi connectivity index (χ0n) is 7.51.